The summed E-state index contributed by atoms with van der Waals surface area (Å²) in [7, 11) is 0. The zero-order valence-corrected chi connectivity index (χ0v) is 8.54. The molecule has 1 nitrogen and oxygen atoms in total. The summed E-state index contributed by atoms with van der Waals surface area (Å²) >= 11 is 0. The molecule has 0 bridgehead atoms. The van der Waals surface area contributed by atoms with Gasteiger partial charge in [-0.25, -0.2) is 4.39 Å². The van der Waals surface area contributed by atoms with Gasteiger partial charge in [-0.15, -0.1) is 0 Å². The molecule has 0 radical (unpaired) electrons. The predicted octanol–water partition coefficient (Wildman–Crippen LogP) is 2.92. The van der Waals surface area contributed by atoms with Crippen molar-refractivity contribution < 1.29 is 9.50 Å². The Morgan fingerprint density at radius 2 is 2.21 bits per heavy atom. The lowest BCUT2D eigenvalue weighted by atomic mass is 10.0. The third-order valence-electron chi connectivity index (χ3n) is 2.25. The SMILES string of the molecule is CCCCC(O)Cc1cccc(F)c1. The molecule has 1 rings (SSSR count). The molecule has 78 valence electrons. The van der Waals surface area contributed by atoms with Gasteiger partial charge in [0.15, 0.2) is 0 Å². The summed E-state index contributed by atoms with van der Waals surface area (Å²) in [6.07, 6.45) is 3.12. The molecular weight excluding hydrogens is 179 g/mol. The quantitative estimate of drug-likeness (QED) is 0.767. The zero-order chi connectivity index (χ0) is 10.4. The average Bonchev–Trinajstić information content (AvgIpc) is 2.15. The van der Waals surface area contributed by atoms with Crippen LogP contribution in [0.3, 0.4) is 0 Å². The first-order chi connectivity index (χ1) is 6.72. The fraction of sp³-hybridized carbons (Fsp3) is 0.500. The fourth-order valence-corrected chi connectivity index (χ4v) is 1.48. The van der Waals surface area contributed by atoms with Gasteiger partial charge in [0.1, 0.15) is 5.82 Å². The molecule has 0 heterocycles. The third kappa shape index (κ3) is 3.88. The highest BCUT2D eigenvalue weighted by molar-refractivity contribution is 5.16. The highest BCUT2D eigenvalue weighted by Gasteiger charge is 2.05. The monoisotopic (exact) mass is 196 g/mol. The Kier molecular flexibility index (Phi) is 4.60. The van der Waals surface area contributed by atoms with Gasteiger partial charge in [-0.1, -0.05) is 31.9 Å². The van der Waals surface area contributed by atoms with Crippen molar-refractivity contribution >= 4 is 0 Å². The molecule has 0 amide bonds. The maximum Gasteiger partial charge on any atom is 0.123 e. The molecule has 0 aromatic heterocycles. The van der Waals surface area contributed by atoms with Crippen molar-refractivity contribution in [3.63, 3.8) is 0 Å². The van der Waals surface area contributed by atoms with Crippen LogP contribution >= 0.6 is 0 Å². The Labute approximate surface area is 84.6 Å². The zero-order valence-electron chi connectivity index (χ0n) is 8.54. The average molecular weight is 196 g/mol. The van der Waals surface area contributed by atoms with E-state index in [1.54, 1.807) is 6.07 Å². The summed E-state index contributed by atoms with van der Waals surface area (Å²) in [6.45, 7) is 2.09. The predicted molar refractivity (Wildman–Crippen MR) is 55.6 cm³/mol. The van der Waals surface area contributed by atoms with E-state index in [4.69, 9.17) is 0 Å². The molecule has 0 aliphatic heterocycles. The molecule has 14 heavy (non-hydrogen) atoms. The molecule has 0 saturated carbocycles. The molecule has 0 aliphatic rings. The number of rotatable bonds is 5. The maximum atomic E-state index is 12.8. The second-order valence-corrected chi connectivity index (χ2v) is 3.63. The summed E-state index contributed by atoms with van der Waals surface area (Å²) in [6, 6.07) is 6.42. The smallest absolute Gasteiger partial charge is 0.123 e. The third-order valence-corrected chi connectivity index (χ3v) is 2.25. The molecule has 0 spiro atoms. The van der Waals surface area contributed by atoms with Crippen molar-refractivity contribution in [2.45, 2.75) is 38.7 Å². The molecule has 2 heteroatoms. The highest BCUT2D eigenvalue weighted by atomic mass is 19.1. The number of aliphatic hydroxyl groups is 1. The fourth-order valence-electron chi connectivity index (χ4n) is 1.48. The molecular formula is C12H17FO. The van der Waals surface area contributed by atoms with Crippen LogP contribution in [0.1, 0.15) is 31.7 Å². The van der Waals surface area contributed by atoms with E-state index >= 15 is 0 Å². The second-order valence-electron chi connectivity index (χ2n) is 3.63. The van der Waals surface area contributed by atoms with E-state index in [-0.39, 0.29) is 11.9 Å². The Hall–Kier alpha value is -0.890. The van der Waals surface area contributed by atoms with Gasteiger partial charge < -0.3 is 5.11 Å². The molecule has 1 aromatic rings. The minimum atomic E-state index is -0.336. The van der Waals surface area contributed by atoms with E-state index in [0.29, 0.717) is 6.42 Å². The van der Waals surface area contributed by atoms with Crippen LogP contribution in [0.5, 0.6) is 0 Å². The van der Waals surface area contributed by atoms with E-state index in [2.05, 4.69) is 6.92 Å². The van der Waals surface area contributed by atoms with Crippen molar-refractivity contribution in [1.82, 2.24) is 0 Å². The van der Waals surface area contributed by atoms with Crippen molar-refractivity contribution in [3.05, 3.63) is 35.6 Å². The Morgan fingerprint density at radius 3 is 2.86 bits per heavy atom. The minimum Gasteiger partial charge on any atom is -0.393 e. The van der Waals surface area contributed by atoms with Gasteiger partial charge in [0.25, 0.3) is 0 Å². The van der Waals surface area contributed by atoms with E-state index in [9.17, 15) is 9.50 Å². The summed E-state index contributed by atoms with van der Waals surface area (Å²) in [5.74, 6) is -0.231. The minimum absolute atomic E-state index is 0.231. The van der Waals surface area contributed by atoms with Crippen molar-refractivity contribution in [2.75, 3.05) is 0 Å². The van der Waals surface area contributed by atoms with E-state index in [1.807, 2.05) is 6.07 Å². The second kappa shape index (κ2) is 5.76. The number of hydrogen-bond donors (Lipinski definition) is 1. The first kappa shape index (κ1) is 11.2. The number of aliphatic hydroxyl groups excluding tert-OH is 1. The molecule has 0 aliphatic carbocycles. The molecule has 1 unspecified atom stereocenters. The van der Waals surface area contributed by atoms with Crippen LogP contribution in [0.4, 0.5) is 4.39 Å². The normalized spacial score (nSPS) is 12.8. The Bertz CT molecular complexity index is 273. The largest absolute Gasteiger partial charge is 0.393 e. The lowest BCUT2D eigenvalue weighted by Gasteiger charge is -2.09. The first-order valence-electron chi connectivity index (χ1n) is 5.15. The summed E-state index contributed by atoms with van der Waals surface area (Å²) in [5, 5.41) is 9.60. The lowest BCUT2D eigenvalue weighted by Crippen LogP contribution is -2.10. The van der Waals surface area contributed by atoms with Crippen molar-refractivity contribution in [2.24, 2.45) is 0 Å². The van der Waals surface area contributed by atoms with Crippen LogP contribution in [0.2, 0.25) is 0 Å². The summed E-state index contributed by atoms with van der Waals surface area (Å²) < 4.78 is 12.8. The van der Waals surface area contributed by atoms with Gasteiger partial charge >= 0.3 is 0 Å². The van der Waals surface area contributed by atoms with Gasteiger partial charge in [0.05, 0.1) is 6.10 Å². The number of unbranched alkanes of at least 4 members (excludes halogenated alkanes) is 1. The number of benzene rings is 1. The van der Waals surface area contributed by atoms with Crippen molar-refractivity contribution in [3.8, 4) is 0 Å². The highest BCUT2D eigenvalue weighted by Crippen LogP contribution is 2.10. The van der Waals surface area contributed by atoms with Gasteiger partial charge in [-0.2, -0.15) is 0 Å². The van der Waals surface area contributed by atoms with E-state index in [1.165, 1.54) is 12.1 Å². The summed E-state index contributed by atoms with van der Waals surface area (Å²) in [4.78, 5) is 0. The molecule has 0 fully saturated rings. The number of hydrogen-bond acceptors (Lipinski definition) is 1. The van der Waals surface area contributed by atoms with Crippen LogP contribution in [0.25, 0.3) is 0 Å². The van der Waals surface area contributed by atoms with Gasteiger partial charge in [-0.05, 0) is 30.5 Å². The standard InChI is InChI=1S/C12H17FO/c1-2-3-7-12(14)9-10-5-4-6-11(13)8-10/h4-6,8,12,14H,2-3,7,9H2,1H3. The van der Waals surface area contributed by atoms with Crippen LogP contribution in [0.15, 0.2) is 24.3 Å². The van der Waals surface area contributed by atoms with Crippen LogP contribution < -0.4 is 0 Å². The van der Waals surface area contributed by atoms with E-state index in [0.717, 1.165) is 24.8 Å². The first-order valence-corrected chi connectivity index (χ1v) is 5.15. The molecule has 0 saturated heterocycles. The van der Waals surface area contributed by atoms with Crippen LogP contribution in [-0.4, -0.2) is 11.2 Å². The van der Waals surface area contributed by atoms with Crippen LogP contribution in [0, 0.1) is 5.82 Å². The molecule has 1 N–H and O–H groups in total. The van der Waals surface area contributed by atoms with E-state index < -0.39 is 0 Å². The van der Waals surface area contributed by atoms with Crippen molar-refractivity contribution in [1.29, 1.82) is 0 Å². The maximum absolute atomic E-state index is 12.8. The topological polar surface area (TPSA) is 20.2 Å². The van der Waals surface area contributed by atoms with Crippen LogP contribution in [-0.2, 0) is 6.42 Å². The van der Waals surface area contributed by atoms with Gasteiger partial charge in [0, 0.05) is 0 Å². The Balaban J connectivity index is 2.43. The lowest BCUT2D eigenvalue weighted by molar-refractivity contribution is 0.161. The van der Waals surface area contributed by atoms with Gasteiger partial charge in [0.2, 0.25) is 0 Å². The molecule has 1 atom stereocenters. The summed E-state index contributed by atoms with van der Waals surface area (Å²) in [5.41, 5.74) is 0.869. The molecule has 1 aromatic carbocycles. The Morgan fingerprint density at radius 1 is 1.43 bits per heavy atom. The van der Waals surface area contributed by atoms with Gasteiger partial charge in [-0.3, -0.25) is 0 Å². The number of halogens is 1.